The van der Waals surface area contributed by atoms with E-state index in [1.54, 1.807) is 0 Å². The summed E-state index contributed by atoms with van der Waals surface area (Å²) < 4.78 is 0. The maximum Gasteiger partial charge on any atom is 0.222 e. The van der Waals surface area contributed by atoms with Crippen LogP contribution in [0.4, 0.5) is 0 Å². The third-order valence-corrected chi connectivity index (χ3v) is 3.43. The van der Waals surface area contributed by atoms with Crippen molar-refractivity contribution in [2.24, 2.45) is 10.2 Å². The molecule has 0 saturated carbocycles. The summed E-state index contributed by atoms with van der Waals surface area (Å²) in [7, 11) is 0. The van der Waals surface area contributed by atoms with Crippen LogP contribution < -0.4 is 0 Å². The predicted molar refractivity (Wildman–Crippen MR) is 61.2 cm³/mol. The average Bonchev–Trinajstić information content (AvgIpc) is 3.05. The molecule has 1 saturated heterocycles. The Morgan fingerprint density at radius 2 is 1.88 bits per heavy atom. The van der Waals surface area contributed by atoms with E-state index in [0.717, 1.165) is 39.1 Å². The Kier molecular flexibility index (Phi) is 3.23. The predicted octanol–water partition coefficient (Wildman–Crippen LogP) is 1.11. The van der Waals surface area contributed by atoms with Crippen molar-refractivity contribution < 1.29 is 4.79 Å². The molecule has 0 aromatic carbocycles. The van der Waals surface area contributed by atoms with E-state index in [1.165, 1.54) is 0 Å². The van der Waals surface area contributed by atoms with Gasteiger partial charge in [0.25, 0.3) is 0 Å². The fourth-order valence-corrected chi connectivity index (χ4v) is 2.00. The van der Waals surface area contributed by atoms with Crippen molar-refractivity contribution in [1.29, 1.82) is 0 Å². The Balaban J connectivity index is 1.69. The van der Waals surface area contributed by atoms with E-state index < -0.39 is 0 Å². The first kappa shape index (κ1) is 11.5. The fraction of sp³-hybridized carbons (Fsp3) is 0.909. The number of hydrogen-bond acceptors (Lipinski definition) is 4. The quantitative estimate of drug-likeness (QED) is 0.718. The standard InChI is InChI=1S/C11H20N4O/c1-3-14-6-8-15(9-7-14)10(16)4-5-11(2)12-13-11/h3-9H2,1-2H3. The summed E-state index contributed by atoms with van der Waals surface area (Å²) in [5.74, 6) is 0.259. The zero-order valence-corrected chi connectivity index (χ0v) is 10.1. The molecule has 0 atom stereocenters. The molecule has 1 fully saturated rings. The number of carbonyl (C=O) groups is 1. The molecule has 2 rings (SSSR count). The summed E-state index contributed by atoms with van der Waals surface area (Å²) in [5.41, 5.74) is -0.235. The van der Waals surface area contributed by atoms with E-state index in [9.17, 15) is 4.79 Å². The molecule has 5 nitrogen and oxygen atoms in total. The van der Waals surface area contributed by atoms with Crippen LogP contribution in [0.3, 0.4) is 0 Å². The van der Waals surface area contributed by atoms with Gasteiger partial charge in [0, 0.05) is 39.0 Å². The van der Waals surface area contributed by atoms with Gasteiger partial charge in [0.15, 0.2) is 5.66 Å². The van der Waals surface area contributed by atoms with Gasteiger partial charge in [-0.05, 0) is 13.5 Å². The largest absolute Gasteiger partial charge is 0.340 e. The maximum atomic E-state index is 11.9. The van der Waals surface area contributed by atoms with Gasteiger partial charge in [0.2, 0.25) is 5.91 Å². The van der Waals surface area contributed by atoms with Gasteiger partial charge in [-0.1, -0.05) is 6.92 Å². The van der Waals surface area contributed by atoms with Crippen molar-refractivity contribution in [3.05, 3.63) is 0 Å². The van der Waals surface area contributed by atoms with Crippen molar-refractivity contribution in [2.75, 3.05) is 32.7 Å². The molecule has 2 aliphatic rings. The summed E-state index contributed by atoms with van der Waals surface area (Å²) in [6.45, 7) is 8.97. The smallest absolute Gasteiger partial charge is 0.222 e. The molecule has 0 spiro atoms. The second-order valence-electron chi connectivity index (χ2n) is 4.73. The van der Waals surface area contributed by atoms with Crippen molar-refractivity contribution in [1.82, 2.24) is 9.80 Å². The lowest BCUT2D eigenvalue weighted by Gasteiger charge is -2.34. The van der Waals surface area contributed by atoms with Crippen molar-refractivity contribution >= 4 is 5.91 Å². The average molecular weight is 224 g/mol. The van der Waals surface area contributed by atoms with Gasteiger partial charge in [-0.3, -0.25) is 4.79 Å². The minimum absolute atomic E-state index is 0.235. The van der Waals surface area contributed by atoms with Gasteiger partial charge < -0.3 is 9.80 Å². The number of piperazine rings is 1. The van der Waals surface area contributed by atoms with E-state index in [0.29, 0.717) is 6.42 Å². The second-order valence-corrected chi connectivity index (χ2v) is 4.73. The molecule has 5 heteroatoms. The van der Waals surface area contributed by atoms with E-state index in [4.69, 9.17) is 0 Å². The van der Waals surface area contributed by atoms with E-state index in [2.05, 4.69) is 22.1 Å². The van der Waals surface area contributed by atoms with E-state index in [1.807, 2.05) is 11.8 Å². The zero-order chi connectivity index (χ0) is 11.6. The molecule has 0 unspecified atom stereocenters. The highest BCUT2D eigenvalue weighted by molar-refractivity contribution is 5.76. The molecule has 0 N–H and O–H groups in total. The van der Waals surface area contributed by atoms with Crippen LogP contribution in [0.5, 0.6) is 0 Å². The number of hydrogen-bond donors (Lipinski definition) is 0. The number of carbonyl (C=O) groups excluding carboxylic acids is 1. The van der Waals surface area contributed by atoms with Crippen molar-refractivity contribution in [3.63, 3.8) is 0 Å². The Morgan fingerprint density at radius 1 is 1.25 bits per heavy atom. The molecule has 16 heavy (non-hydrogen) atoms. The Bertz CT molecular complexity index is 288. The summed E-state index contributed by atoms with van der Waals surface area (Å²) in [6, 6.07) is 0. The van der Waals surface area contributed by atoms with Crippen LogP contribution in [0.2, 0.25) is 0 Å². The van der Waals surface area contributed by atoms with Crippen molar-refractivity contribution in [2.45, 2.75) is 32.4 Å². The van der Waals surface area contributed by atoms with Gasteiger partial charge >= 0.3 is 0 Å². The minimum Gasteiger partial charge on any atom is -0.340 e. The first-order valence-corrected chi connectivity index (χ1v) is 6.07. The Hall–Kier alpha value is -0.970. The van der Waals surface area contributed by atoms with Crippen LogP contribution in [0.1, 0.15) is 26.7 Å². The van der Waals surface area contributed by atoms with Gasteiger partial charge in [-0.25, -0.2) is 0 Å². The molecular formula is C11H20N4O. The van der Waals surface area contributed by atoms with Crippen LogP contribution in [0, 0.1) is 0 Å². The van der Waals surface area contributed by atoms with Gasteiger partial charge in [-0.15, -0.1) is 0 Å². The van der Waals surface area contributed by atoms with Gasteiger partial charge in [-0.2, -0.15) is 10.2 Å². The SMILES string of the molecule is CCN1CCN(C(=O)CCC2(C)N=N2)CC1. The molecule has 0 radical (unpaired) electrons. The molecule has 0 aromatic heterocycles. The topological polar surface area (TPSA) is 48.3 Å². The van der Waals surface area contributed by atoms with Crippen LogP contribution >= 0.6 is 0 Å². The summed E-state index contributed by atoms with van der Waals surface area (Å²) >= 11 is 0. The lowest BCUT2D eigenvalue weighted by Crippen LogP contribution is -2.48. The molecule has 0 bridgehead atoms. The molecule has 2 aliphatic heterocycles. The van der Waals surface area contributed by atoms with Crippen LogP contribution in [0.25, 0.3) is 0 Å². The highest BCUT2D eigenvalue weighted by atomic mass is 16.2. The highest BCUT2D eigenvalue weighted by Crippen LogP contribution is 2.32. The van der Waals surface area contributed by atoms with Gasteiger partial charge in [0.1, 0.15) is 0 Å². The molecule has 2 heterocycles. The van der Waals surface area contributed by atoms with E-state index in [-0.39, 0.29) is 11.6 Å². The molecule has 90 valence electrons. The summed E-state index contributed by atoms with van der Waals surface area (Å²) in [5, 5.41) is 7.85. The third-order valence-electron chi connectivity index (χ3n) is 3.43. The van der Waals surface area contributed by atoms with E-state index >= 15 is 0 Å². The highest BCUT2D eigenvalue weighted by Gasteiger charge is 2.34. The number of likely N-dealkylation sites (N-methyl/N-ethyl adjacent to an activating group) is 1. The monoisotopic (exact) mass is 224 g/mol. The Labute approximate surface area is 96.5 Å². The molecule has 0 aromatic rings. The lowest BCUT2D eigenvalue weighted by molar-refractivity contribution is -0.133. The maximum absolute atomic E-state index is 11.9. The van der Waals surface area contributed by atoms with Gasteiger partial charge in [0.05, 0.1) is 0 Å². The van der Waals surface area contributed by atoms with Crippen LogP contribution in [-0.2, 0) is 4.79 Å². The summed E-state index contributed by atoms with van der Waals surface area (Å²) in [4.78, 5) is 16.2. The minimum atomic E-state index is -0.235. The molecule has 1 amide bonds. The first-order valence-electron chi connectivity index (χ1n) is 6.07. The van der Waals surface area contributed by atoms with Crippen LogP contribution in [-0.4, -0.2) is 54.1 Å². The number of amides is 1. The fourth-order valence-electron chi connectivity index (χ4n) is 2.00. The number of nitrogens with zero attached hydrogens (tertiary/aromatic N) is 4. The normalized spacial score (nSPS) is 23.5. The summed E-state index contributed by atoms with van der Waals surface area (Å²) in [6.07, 6.45) is 1.34. The molecule has 0 aliphatic carbocycles. The zero-order valence-electron chi connectivity index (χ0n) is 10.1. The third kappa shape index (κ3) is 2.78. The molecular weight excluding hydrogens is 204 g/mol. The first-order chi connectivity index (χ1) is 7.63. The Morgan fingerprint density at radius 3 is 2.38 bits per heavy atom. The number of rotatable bonds is 4. The second kappa shape index (κ2) is 4.49. The van der Waals surface area contributed by atoms with Crippen LogP contribution in [0.15, 0.2) is 10.2 Å². The lowest BCUT2D eigenvalue weighted by atomic mass is 10.1. The van der Waals surface area contributed by atoms with Crippen molar-refractivity contribution in [3.8, 4) is 0 Å².